The Kier molecular flexibility index (Phi) is 18.7. The molecule has 0 aliphatic carbocycles. The summed E-state index contributed by atoms with van der Waals surface area (Å²) in [6.07, 6.45) is 2.31. The molecule has 488 valence electrons. The number of nitrogens with zero attached hydrogens (tertiary/aromatic N) is 6. The molecule has 2 aromatic heterocycles. The molecule has 0 radical (unpaired) electrons. The summed E-state index contributed by atoms with van der Waals surface area (Å²) >= 11 is 0. The van der Waals surface area contributed by atoms with Crippen LogP contribution in [0.5, 0.6) is 11.5 Å². The van der Waals surface area contributed by atoms with E-state index in [-0.39, 0.29) is 79.1 Å². The average molecular weight is 1340 g/mol. The minimum Gasteiger partial charge on any atom is -0.507 e. The maximum absolute atomic E-state index is 13.2. The Labute approximate surface area is 530 Å². The molecule has 0 atom stereocenters. The van der Waals surface area contributed by atoms with Gasteiger partial charge in [-0.1, -0.05) is 120 Å². The molecule has 0 aliphatic heterocycles. The van der Waals surface area contributed by atoms with Crippen LogP contribution >= 0.6 is 0 Å². The minimum absolute atomic E-state index is 0.0423. The Bertz CT molecular complexity index is 4880. The highest BCUT2D eigenvalue weighted by atomic mass is 32.2. The normalized spacial score (nSPS) is 14.5. The predicted octanol–water partition coefficient (Wildman–Crippen LogP) is 9.42. The molecule has 0 amide bonds. The summed E-state index contributed by atoms with van der Waals surface area (Å²) in [7, 11) is -19.8. The van der Waals surface area contributed by atoms with Crippen molar-refractivity contribution in [1.29, 1.82) is 0 Å². The van der Waals surface area contributed by atoms with Crippen LogP contribution < -0.4 is 33.7 Å². The lowest BCUT2D eigenvalue weighted by Crippen LogP contribution is -2.36. The summed E-state index contributed by atoms with van der Waals surface area (Å²) in [5.74, 6) is 0.176. The molecule has 12 N–H and O–H groups in total. The van der Waals surface area contributed by atoms with Crippen LogP contribution in [0.4, 0.5) is 34.1 Å². The summed E-state index contributed by atoms with van der Waals surface area (Å²) in [6.45, 7) is 26.3. The molecule has 8 rings (SSSR count). The van der Waals surface area contributed by atoms with Crippen LogP contribution in [0.3, 0.4) is 0 Å². The smallest absolute Gasteiger partial charge is 0.296 e. The lowest BCUT2D eigenvalue weighted by molar-refractivity contribution is 0.422. The van der Waals surface area contributed by atoms with Crippen molar-refractivity contribution < 1.29 is 62.1 Å². The zero-order chi connectivity index (χ0) is 68.2. The number of hydrogen-bond donors (Lipinski definition) is 12. The SMILES string of the molecule is Cc1ccc(N=c2[nH]c(=Nc3cc(C(C)(C)C)c(O)c(C(C)(C)C)c3)[nH]c(=Nc3ccc(/C=C/c4ccc(N=c5[nH]c(=Nc6cc(C(C)(C)C)c(O)c(C(C)(C)C)c6)[nH]c(=Nc6ccc(C)cc6S(=O)(=O)O)[nH]5)cc4S(=O)(=O)O)c(S(=O)(=O)O)c3)[nH]2)c(S(=O)(=O)O)c1. The van der Waals surface area contributed by atoms with Crippen molar-refractivity contribution in [2.45, 2.75) is 138 Å². The van der Waals surface area contributed by atoms with E-state index in [9.17, 15) is 62.1 Å². The Morgan fingerprint density at radius 1 is 0.326 bits per heavy atom. The molecule has 26 nitrogen and oxygen atoms in total. The first-order chi connectivity index (χ1) is 42.2. The van der Waals surface area contributed by atoms with Gasteiger partial charge in [-0.3, -0.25) is 48.1 Å². The molecular formula is C62H72N12O14S4. The Morgan fingerprint density at radius 3 is 0.826 bits per heavy atom. The van der Waals surface area contributed by atoms with Crippen molar-refractivity contribution in [3.05, 3.63) is 175 Å². The average Bonchev–Trinajstić information content (AvgIpc) is 0.837. The van der Waals surface area contributed by atoms with Gasteiger partial charge in [0.05, 0.1) is 34.1 Å². The summed E-state index contributed by atoms with van der Waals surface area (Å²) in [6, 6.07) is 22.2. The van der Waals surface area contributed by atoms with Crippen LogP contribution in [0.25, 0.3) is 12.2 Å². The third-order valence-electron chi connectivity index (χ3n) is 14.0. The number of H-pyrrole nitrogens is 6. The quantitative estimate of drug-likeness (QED) is 0.0400. The van der Waals surface area contributed by atoms with Crippen LogP contribution in [0.15, 0.2) is 147 Å². The number of aromatic amines is 6. The third kappa shape index (κ3) is 16.8. The number of hydrogen-bond acceptors (Lipinski definition) is 16. The van der Waals surface area contributed by atoms with E-state index >= 15 is 0 Å². The van der Waals surface area contributed by atoms with Crippen LogP contribution in [-0.2, 0) is 62.1 Å². The Balaban J connectivity index is 1.28. The van der Waals surface area contributed by atoms with E-state index in [1.165, 1.54) is 48.5 Å². The maximum Gasteiger partial charge on any atom is 0.296 e. The third-order valence-corrected chi connectivity index (χ3v) is 17.6. The molecule has 6 aromatic carbocycles. The number of nitrogens with one attached hydrogen (secondary N) is 6. The van der Waals surface area contributed by atoms with Crippen molar-refractivity contribution >= 4 is 86.7 Å². The maximum atomic E-state index is 13.2. The van der Waals surface area contributed by atoms with Crippen molar-refractivity contribution in [2.24, 2.45) is 30.0 Å². The fourth-order valence-electron chi connectivity index (χ4n) is 9.54. The second-order valence-corrected chi connectivity index (χ2v) is 31.5. The number of aromatic hydroxyl groups is 2. The van der Waals surface area contributed by atoms with Crippen molar-refractivity contribution in [2.75, 3.05) is 0 Å². The van der Waals surface area contributed by atoms with E-state index in [2.05, 4.69) is 49.9 Å². The van der Waals surface area contributed by atoms with E-state index in [1.54, 1.807) is 50.2 Å². The number of phenolic OH excluding ortho intramolecular Hbond substituents is 2. The van der Waals surface area contributed by atoms with E-state index < -0.39 is 81.7 Å². The second kappa shape index (κ2) is 25.0. The molecule has 0 fully saturated rings. The molecule has 0 unspecified atom stereocenters. The van der Waals surface area contributed by atoms with E-state index in [1.807, 2.05) is 83.1 Å². The zero-order valence-electron chi connectivity index (χ0n) is 52.7. The highest BCUT2D eigenvalue weighted by molar-refractivity contribution is 7.86. The number of aromatic nitrogens is 6. The van der Waals surface area contributed by atoms with Crippen LogP contribution in [0, 0.1) is 13.8 Å². The Morgan fingerprint density at radius 2 is 0.576 bits per heavy atom. The molecule has 0 spiro atoms. The monoisotopic (exact) mass is 1340 g/mol. The molecule has 92 heavy (non-hydrogen) atoms. The molecule has 30 heteroatoms. The number of phenols is 2. The summed E-state index contributed by atoms with van der Waals surface area (Å²) in [4.78, 5) is 42.6. The highest BCUT2D eigenvalue weighted by Crippen LogP contribution is 2.43. The van der Waals surface area contributed by atoms with Gasteiger partial charge in [-0.25, -0.2) is 30.0 Å². The van der Waals surface area contributed by atoms with Gasteiger partial charge in [0.1, 0.15) is 31.1 Å². The van der Waals surface area contributed by atoms with Crippen molar-refractivity contribution in [1.82, 2.24) is 29.9 Å². The lowest BCUT2D eigenvalue weighted by Gasteiger charge is -2.27. The minimum atomic E-state index is -5.10. The Hall–Kier alpha value is -8.88. The number of aryl methyl sites for hydroxylation is 2. The number of benzene rings is 6. The molecular weight excluding hydrogens is 1270 g/mol. The topological polar surface area (TPSA) is 427 Å². The summed E-state index contributed by atoms with van der Waals surface area (Å²) in [5, 5.41) is 22.9. The van der Waals surface area contributed by atoms with Gasteiger partial charge in [0, 0.05) is 22.3 Å². The van der Waals surface area contributed by atoms with Gasteiger partial charge in [-0.2, -0.15) is 33.7 Å². The van der Waals surface area contributed by atoms with Gasteiger partial charge in [0.25, 0.3) is 40.5 Å². The predicted molar refractivity (Wildman–Crippen MR) is 345 cm³/mol. The van der Waals surface area contributed by atoms with Gasteiger partial charge in [-0.15, -0.1) is 0 Å². The lowest BCUT2D eigenvalue weighted by atomic mass is 9.79. The molecule has 0 saturated carbocycles. The first-order valence-electron chi connectivity index (χ1n) is 28.2. The molecule has 0 aliphatic rings. The zero-order valence-corrected chi connectivity index (χ0v) is 55.9. The van der Waals surface area contributed by atoms with Crippen molar-refractivity contribution in [3.63, 3.8) is 0 Å². The fourth-order valence-corrected chi connectivity index (χ4v) is 12.4. The molecule has 2 heterocycles. The molecule has 0 bridgehead atoms. The fraction of sp³-hybridized carbons (Fsp3) is 0.290. The van der Waals surface area contributed by atoms with Gasteiger partial charge in [-0.05, 0) is 131 Å². The first-order valence-corrected chi connectivity index (χ1v) is 33.9. The largest absolute Gasteiger partial charge is 0.507 e. The van der Waals surface area contributed by atoms with Crippen LogP contribution in [-0.4, -0.2) is 92.0 Å². The summed E-state index contributed by atoms with van der Waals surface area (Å²) in [5.41, 5.74) is 0.0977. The first kappa shape index (κ1) is 69.0. The van der Waals surface area contributed by atoms with Crippen LogP contribution in [0.1, 0.15) is 128 Å². The van der Waals surface area contributed by atoms with Gasteiger partial charge in [0.15, 0.2) is 0 Å². The summed E-state index contributed by atoms with van der Waals surface area (Å²) < 4.78 is 144. The second-order valence-electron chi connectivity index (χ2n) is 25.9. The van der Waals surface area contributed by atoms with Crippen LogP contribution in [0.2, 0.25) is 0 Å². The molecule has 0 saturated heterocycles. The van der Waals surface area contributed by atoms with Gasteiger partial charge >= 0.3 is 0 Å². The highest BCUT2D eigenvalue weighted by Gasteiger charge is 2.29. The van der Waals surface area contributed by atoms with Gasteiger partial charge < -0.3 is 10.2 Å². The molecule has 8 aromatic rings. The standard InChI is InChI=1S/C62H72N12O14S4/c1-33-15-23-45(49(25-33)91(83,84)85)67-57-71-53(69-55(73-57)65-39-27-41(59(3,4)5)51(75)42(28-39)60(6,7)8)63-37-21-19-35(47(31-37)89(77,78)79)17-18-36-20-22-38(32-48(36)90(80,81)82)64-54-70-56(66-40-29-43(61(9,10)11)52(76)44(30-40)62(12,13)14)74-58(72-54)68-46-24-16-34(2)26-50(46)92(86,87)88/h15-32,75-76H,1-14H3,(H,77,78,79)(H,80,81,82)(H,83,84,85)(H,86,87,88)(H3,63,65,67,69,71,73)(H3,64,66,68,70,72,74)/b18-17+. The van der Waals surface area contributed by atoms with E-state index in [0.29, 0.717) is 44.8 Å². The van der Waals surface area contributed by atoms with Gasteiger partial charge in [0.2, 0.25) is 33.7 Å². The van der Waals surface area contributed by atoms with Crippen molar-refractivity contribution in [3.8, 4) is 11.5 Å². The van der Waals surface area contributed by atoms with E-state index in [4.69, 9.17) is 9.98 Å². The van der Waals surface area contributed by atoms with E-state index in [0.717, 1.165) is 24.3 Å². The number of rotatable bonds is 12.